The lowest BCUT2D eigenvalue weighted by Gasteiger charge is -2.29. The van der Waals surface area contributed by atoms with Gasteiger partial charge in [0.2, 0.25) is 0 Å². The average Bonchev–Trinajstić information content (AvgIpc) is 2.56. The van der Waals surface area contributed by atoms with Crippen molar-refractivity contribution in [3.8, 4) is 0 Å². The molecule has 4 heteroatoms. The minimum absolute atomic E-state index is 0.00635. The Hall–Kier alpha value is -1.68. The van der Waals surface area contributed by atoms with E-state index >= 15 is 0 Å². The second-order valence-corrected chi connectivity index (χ2v) is 5.38. The lowest BCUT2D eigenvalue weighted by molar-refractivity contribution is -0.148. The number of amides is 1. The van der Waals surface area contributed by atoms with E-state index in [1.165, 1.54) is 0 Å². The maximum atomic E-state index is 12.2. The van der Waals surface area contributed by atoms with Crippen molar-refractivity contribution in [3.63, 3.8) is 0 Å². The van der Waals surface area contributed by atoms with Crippen LogP contribution in [0.25, 0.3) is 0 Å². The molecular weight excluding hydrogens is 242 g/mol. The number of fused-ring (bicyclic) bond motifs is 1. The number of benzene rings is 1. The molecule has 2 aliphatic rings. The van der Waals surface area contributed by atoms with Crippen molar-refractivity contribution in [3.05, 3.63) is 29.8 Å². The summed E-state index contributed by atoms with van der Waals surface area (Å²) in [4.78, 5) is 24.4. The Labute approximate surface area is 111 Å². The highest BCUT2D eigenvalue weighted by molar-refractivity contribution is 6.07. The van der Waals surface area contributed by atoms with E-state index in [1.54, 1.807) is 24.3 Å². The van der Waals surface area contributed by atoms with Gasteiger partial charge in [0.1, 0.15) is 5.78 Å². The van der Waals surface area contributed by atoms with Crippen molar-refractivity contribution in [1.29, 1.82) is 0 Å². The Morgan fingerprint density at radius 3 is 2.79 bits per heavy atom. The Morgan fingerprint density at radius 1 is 1.16 bits per heavy atom. The fourth-order valence-corrected chi connectivity index (χ4v) is 3.21. The first-order valence-corrected chi connectivity index (χ1v) is 6.80. The summed E-state index contributed by atoms with van der Waals surface area (Å²) in [5.74, 6) is -1.07. The van der Waals surface area contributed by atoms with Crippen LogP contribution in [0.5, 0.6) is 0 Å². The van der Waals surface area contributed by atoms with E-state index in [0.29, 0.717) is 24.1 Å². The molecule has 3 rings (SSSR count). The first kappa shape index (κ1) is 12.4. The van der Waals surface area contributed by atoms with Crippen LogP contribution in [0.4, 0.5) is 5.69 Å². The van der Waals surface area contributed by atoms with E-state index in [2.05, 4.69) is 5.32 Å². The predicted molar refractivity (Wildman–Crippen MR) is 70.6 cm³/mol. The van der Waals surface area contributed by atoms with Gasteiger partial charge in [-0.1, -0.05) is 31.0 Å². The normalized spacial score (nSPS) is 30.7. The number of nitrogens with one attached hydrogen (secondary N) is 1. The third-order valence-corrected chi connectivity index (χ3v) is 4.24. The molecule has 0 aromatic heterocycles. The maximum Gasteiger partial charge on any atom is 0.261 e. The van der Waals surface area contributed by atoms with Gasteiger partial charge in [0.05, 0.1) is 5.92 Å². The molecule has 1 aromatic rings. The number of Topliss-reactive ketones (excluding diaryl/α,β-unsaturated/α-hetero) is 1. The molecule has 1 saturated carbocycles. The predicted octanol–water partition coefficient (Wildman–Crippen LogP) is 1.98. The number of hydrogen-bond donors (Lipinski definition) is 2. The first-order chi connectivity index (χ1) is 9.14. The first-order valence-electron chi connectivity index (χ1n) is 6.80. The van der Waals surface area contributed by atoms with Crippen LogP contribution < -0.4 is 5.32 Å². The van der Waals surface area contributed by atoms with Gasteiger partial charge in [-0.05, 0) is 18.9 Å². The number of hydrogen-bond acceptors (Lipinski definition) is 3. The van der Waals surface area contributed by atoms with Gasteiger partial charge < -0.3 is 10.4 Å². The van der Waals surface area contributed by atoms with Crippen LogP contribution in [-0.4, -0.2) is 16.8 Å². The third kappa shape index (κ3) is 1.78. The molecule has 0 spiro atoms. The second-order valence-electron chi connectivity index (χ2n) is 5.38. The van der Waals surface area contributed by atoms with Gasteiger partial charge in [0.25, 0.3) is 5.91 Å². The van der Waals surface area contributed by atoms with Gasteiger partial charge in [-0.15, -0.1) is 0 Å². The van der Waals surface area contributed by atoms with E-state index in [9.17, 15) is 14.7 Å². The molecule has 1 amide bonds. The maximum absolute atomic E-state index is 12.2. The Balaban J connectivity index is 2.06. The van der Waals surface area contributed by atoms with E-state index < -0.39 is 17.4 Å². The van der Waals surface area contributed by atoms with Gasteiger partial charge >= 0.3 is 0 Å². The second kappa shape index (κ2) is 4.46. The van der Waals surface area contributed by atoms with Crippen molar-refractivity contribution in [2.24, 2.45) is 5.92 Å². The standard InChI is InChI=1S/C15H17NO3/c17-13-9-3-1-2-7-11(13)15(19)10-6-4-5-8-12(10)16-14(15)18/h4-6,8,11,19H,1-3,7,9H2,(H,16,18)/t11-,15+/m0/s1. The van der Waals surface area contributed by atoms with Gasteiger partial charge in [-0.2, -0.15) is 0 Å². The molecule has 1 aliphatic heterocycles. The highest BCUT2D eigenvalue weighted by Crippen LogP contribution is 2.44. The van der Waals surface area contributed by atoms with Gasteiger partial charge in [0, 0.05) is 17.7 Å². The zero-order valence-corrected chi connectivity index (χ0v) is 10.7. The number of ketones is 1. The summed E-state index contributed by atoms with van der Waals surface area (Å²) < 4.78 is 0. The van der Waals surface area contributed by atoms with Crippen LogP contribution in [0.3, 0.4) is 0 Å². The van der Waals surface area contributed by atoms with Crippen LogP contribution in [0.1, 0.15) is 37.7 Å². The SMILES string of the molecule is O=C1CCCCC[C@@H]1[C@@]1(O)C(=O)Nc2ccccc21. The van der Waals surface area contributed by atoms with Gasteiger partial charge in [-0.25, -0.2) is 0 Å². The van der Waals surface area contributed by atoms with Crippen LogP contribution in [0.15, 0.2) is 24.3 Å². The highest BCUT2D eigenvalue weighted by Gasteiger charge is 2.53. The molecule has 2 N–H and O–H groups in total. The number of aliphatic hydroxyl groups is 1. The minimum Gasteiger partial charge on any atom is -0.375 e. The summed E-state index contributed by atoms with van der Waals surface area (Å²) in [5, 5.41) is 13.6. The number of rotatable bonds is 1. The van der Waals surface area contributed by atoms with Crippen LogP contribution in [0.2, 0.25) is 0 Å². The smallest absolute Gasteiger partial charge is 0.261 e. The quantitative estimate of drug-likeness (QED) is 0.758. The topological polar surface area (TPSA) is 66.4 Å². The molecule has 0 unspecified atom stereocenters. The molecule has 100 valence electrons. The van der Waals surface area contributed by atoms with Crippen molar-refractivity contribution in [2.75, 3.05) is 5.32 Å². The molecule has 0 radical (unpaired) electrons. The fraction of sp³-hybridized carbons (Fsp3) is 0.467. The third-order valence-electron chi connectivity index (χ3n) is 4.24. The number of anilines is 1. The molecule has 1 aliphatic carbocycles. The van der Waals surface area contributed by atoms with Crippen molar-refractivity contribution >= 4 is 17.4 Å². The molecule has 0 bridgehead atoms. The van der Waals surface area contributed by atoms with Gasteiger partial charge in [0.15, 0.2) is 5.60 Å². The van der Waals surface area contributed by atoms with Gasteiger partial charge in [-0.3, -0.25) is 9.59 Å². The molecule has 1 heterocycles. The Morgan fingerprint density at radius 2 is 1.95 bits per heavy atom. The number of carbonyl (C=O) groups is 2. The lowest BCUT2D eigenvalue weighted by Crippen LogP contribution is -2.45. The zero-order valence-electron chi connectivity index (χ0n) is 10.7. The van der Waals surface area contributed by atoms with Crippen LogP contribution >= 0.6 is 0 Å². The Kier molecular flexibility index (Phi) is 2.90. The molecule has 1 aromatic carbocycles. The van der Waals surface area contributed by atoms with E-state index in [1.807, 2.05) is 0 Å². The fourth-order valence-electron chi connectivity index (χ4n) is 3.21. The van der Waals surface area contributed by atoms with E-state index in [4.69, 9.17) is 0 Å². The molecule has 4 nitrogen and oxygen atoms in total. The minimum atomic E-state index is -1.68. The lowest BCUT2D eigenvalue weighted by atomic mass is 9.77. The number of para-hydroxylation sites is 1. The average molecular weight is 259 g/mol. The summed E-state index contributed by atoms with van der Waals surface area (Å²) in [7, 11) is 0. The molecule has 19 heavy (non-hydrogen) atoms. The molecular formula is C15H17NO3. The number of carbonyl (C=O) groups excluding carboxylic acids is 2. The summed E-state index contributed by atoms with van der Waals surface area (Å²) in [6.45, 7) is 0. The largest absolute Gasteiger partial charge is 0.375 e. The summed E-state index contributed by atoms with van der Waals surface area (Å²) in [6, 6.07) is 7.07. The molecule has 2 atom stereocenters. The summed E-state index contributed by atoms with van der Waals surface area (Å²) in [5.41, 5.74) is -0.523. The zero-order chi connectivity index (χ0) is 13.5. The highest BCUT2D eigenvalue weighted by atomic mass is 16.3. The van der Waals surface area contributed by atoms with Crippen molar-refractivity contribution in [1.82, 2.24) is 0 Å². The molecule has 0 saturated heterocycles. The van der Waals surface area contributed by atoms with Crippen molar-refractivity contribution < 1.29 is 14.7 Å². The monoisotopic (exact) mass is 259 g/mol. The van der Waals surface area contributed by atoms with E-state index in [0.717, 1.165) is 19.3 Å². The Bertz CT molecular complexity index is 540. The van der Waals surface area contributed by atoms with Crippen LogP contribution in [-0.2, 0) is 15.2 Å². The summed E-state index contributed by atoms with van der Waals surface area (Å²) >= 11 is 0. The van der Waals surface area contributed by atoms with Crippen molar-refractivity contribution in [2.45, 2.75) is 37.7 Å². The van der Waals surface area contributed by atoms with Crippen LogP contribution in [0, 0.1) is 5.92 Å². The molecule has 1 fully saturated rings. The summed E-state index contributed by atoms with van der Waals surface area (Å²) in [6.07, 6.45) is 3.77. The van der Waals surface area contributed by atoms with E-state index in [-0.39, 0.29) is 5.78 Å².